The molecule has 2 aliphatic heterocycles. The lowest BCUT2D eigenvalue weighted by atomic mass is 9.56. The van der Waals surface area contributed by atoms with Gasteiger partial charge in [-0.15, -0.1) is 11.3 Å². The highest BCUT2D eigenvalue weighted by Crippen LogP contribution is 2.62. The minimum absolute atomic E-state index is 0.00699. The summed E-state index contributed by atoms with van der Waals surface area (Å²) in [7, 11) is 7.69. The smallest absolute Gasteiger partial charge is 0.347 e. The third kappa shape index (κ3) is 5.99. The van der Waals surface area contributed by atoms with Crippen molar-refractivity contribution in [2.45, 2.75) is 51.7 Å². The summed E-state index contributed by atoms with van der Waals surface area (Å²) in [6.45, 7) is 3.50. The number of fused-ring (bicyclic) bond motifs is 6. The molecule has 65 heavy (non-hydrogen) atoms. The van der Waals surface area contributed by atoms with Crippen molar-refractivity contribution < 1.29 is 28.9 Å². The number of carbonyl (C=O) groups excluding carboxylic acids is 2. The molecule has 0 spiro atoms. The number of allylic oxidation sites excluding steroid dienone is 2. The van der Waals surface area contributed by atoms with Gasteiger partial charge < -0.3 is 23.9 Å². The standard InChI is InChI=1S/C46H43ClN8O9S/c1-22-26-17-23(47)11-12-36(26)65-40(22)30-20-37(51(4)49-30)54-41(57)27-18-31-24(38(46(27,2)43(54)59)25-9-8-10-33(62-5)39(25)56)13-16-53-44(60)52(45(61)55(31)53)15-14-28-42(58)50(3)32-21-35(64-7)34(63-6)19-29(32)48-28/h8-13,17,19-21,27,31,38,56H,14-16,18H2,1-7H3/t27-,31+,38+,46+/m0/s1. The number of hydrogen-bond donors (Lipinski definition) is 1. The number of aryl methyl sites for hydroxylation is 4. The van der Waals surface area contributed by atoms with Crippen LogP contribution in [0.2, 0.25) is 5.02 Å². The van der Waals surface area contributed by atoms with Gasteiger partial charge in [0.25, 0.3) is 5.56 Å². The maximum absolute atomic E-state index is 15.3. The van der Waals surface area contributed by atoms with E-state index in [2.05, 4.69) is 4.98 Å². The summed E-state index contributed by atoms with van der Waals surface area (Å²) < 4.78 is 24.1. The fourth-order valence-electron chi connectivity index (χ4n) is 10.3. The Labute approximate surface area is 378 Å². The number of phenolic OH excluding ortho intramolecular Hbond substituents is 1. The second-order valence-electron chi connectivity index (χ2n) is 16.8. The Bertz CT molecular complexity index is 3430. The number of hydrogen-bond acceptors (Lipinski definition) is 12. The summed E-state index contributed by atoms with van der Waals surface area (Å²) in [4.78, 5) is 79.3. The van der Waals surface area contributed by atoms with E-state index in [1.54, 1.807) is 57.4 Å². The van der Waals surface area contributed by atoms with Crippen molar-refractivity contribution in [3.8, 4) is 33.6 Å². The Morgan fingerprint density at radius 1 is 0.938 bits per heavy atom. The molecule has 4 aromatic heterocycles. The number of ether oxygens (including phenoxy) is 3. The summed E-state index contributed by atoms with van der Waals surface area (Å²) >= 11 is 7.87. The molecular weight excluding hydrogens is 876 g/mol. The molecule has 3 aromatic carbocycles. The number of imide groups is 1. The number of rotatable bonds is 9. The molecule has 0 radical (unpaired) electrons. The van der Waals surface area contributed by atoms with Crippen LogP contribution in [0.3, 0.4) is 0 Å². The number of nitrogens with zero attached hydrogens (tertiary/aromatic N) is 8. The third-order valence-corrected chi connectivity index (χ3v) is 15.1. The molecule has 10 rings (SSSR count). The zero-order valence-corrected chi connectivity index (χ0v) is 38.0. The van der Waals surface area contributed by atoms with Crippen molar-refractivity contribution in [2.24, 2.45) is 25.4 Å². The van der Waals surface area contributed by atoms with Crippen LogP contribution in [0.15, 0.2) is 80.6 Å². The highest BCUT2D eigenvalue weighted by Gasteiger charge is 2.66. The highest BCUT2D eigenvalue weighted by molar-refractivity contribution is 7.22. The number of aromatic hydroxyl groups is 1. The van der Waals surface area contributed by atoms with Crippen LogP contribution in [-0.2, 0) is 43.2 Å². The molecule has 7 aromatic rings. The predicted molar refractivity (Wildman–Crippen MR) is 244 cm³/mol. The van der Waals surface area contributed by atoms with Crippen molar-refractivity contribution in [1.29, 1.82) is 0 Å². The first-order chi connectivity index (χ1) is 31.1. The van der Waals surface area contributed by atoms with Gasteiger partial charge in [0.15, 0.2) is 23.0 Å². The lowest BCUT2D eigenvalue weighted by Crippen LogP contribution is -2.49. The number of methoxy groups -OCH3 is 3. The normalized spacial score (nSPS) is 20.3. The molecule has 334 valence electrons. The molecule has 0 unspecified atom stereocenters. The average Bonchev–Trinajstić information content (AvgIpc) is 3.97. The first-order valence-corrected chi connectivity index (χ1v) is 22.0. The number of phenols is 1. The van der Waals surface area contributed by atoms with Gasteiger partial charge in [-0.1, -0.05) is 29.8 Å². The molecular formula is C46H43ClN8O9S. The van der Waals surface area contributed by atoms with E-state index in [0.717, 1.165) is 25.1 Å². The number of thiophene rings is 1. The SMILES string of the molecule is COc1cc2nc(CCn3c(=O)n4n(c3=O)[C@@H]3C[C@H]5C(=O)N(c6cc(-c7sc8ccc(Cl)cc8c7C)nn6C)C(=O)[C@@]5(C)[C@@H](c5cccc(OC)c5O)C3=CC4)c(=O)n(C)c2cc1OC. The molecule has 19 heteroatoms. The fraction of sp³-hybridized carbons (Fsp3) is 0.326. The maximum Gasteiger partial charge on any atom is 0.347 e. The van der Waals surface area contributed by atoms with E-state index >= 15 is 9.59 Å². The molecule has 1 N–H and O–H groups in total. The second kappa shape index (κ2) is 15.1. The summed E-state index contributed by atoms with van der Waals surface area (Å²) in [5, 5.41) is 18.1. The highest BCUT2D eigenvalue weighted by atomic mass is 35.5. The summed E-state index contributed by atoms with van der Waals surface area (Å²) in [5.41, 5.74) is 0.410. The van der Waals surface area contributed by atoms with Crippen LogP contribution in [0.1, 0.15) is 42.1 Å². The van der Waals surface area contributed by atoms with Crippen LogP contribution in [0.25, 0.3) is 31.7 Å². The summed E-state index contributed by atoms with van der Waals surface area (Å²) in [5.74, 6) is -1.90. The number of benzene rings is 3. The van der Waals surface area contributed by atoms with Crippen molar-refractivity contribution in [1.82, 2.24) is 33.3 Å². The number of carbonyl (C=O) groups is 2. The topological polar surface area (TPSA) is 187 Å². The van der Waals surface area contributed by atoms with Crippen molar-refractivity contribution in [3.05, 3.63) is 119 Å². The van der Waals surface area contributed by atoms with Gasteiger partial charge in [-0.05, 0) is 61.1 Å². The van der Waals surface area contributed by atoms with E-state index in [-0.39, 0.29) is 48.9 Å². The molecule has 2 fully saturated rings. The Kier molecular flexibility index (Phi) is 9.76. The van der Waals surface area contributed by atoms with Crippen LogP contribution >= 0.6 is 22.9 Å². The molecule has 17 nitrogen and oxygen atoms in total. The monoisotopic (exact) mass is 918 g/mol. The van der Waals surface area contributed by atoms with Gasteiger partial charge >= 0.3 is 11.4 Å². The van der Waals surface area contributed by atoms with Crippen LogP contribution in [-0.4, -0.2) is 71.5 Å². The van der Waals surface area contributed by atoms with Crippen LogP contribution in [0.5, 0.6) is 23.0 Å². The molecule has 4 atom stereocenters. The van der Waals surface area contributed by atoms with Gasteiger partial charge in [-0.25, -0.2) is 33.4 Å². The van der Waals surface area contributed by atoms with Gasteiger partial charge in [0.05, 0.1) is 61.2 Å². The first kappa shape index (κ1) is 42.1. The summed E-state index contributed by atoms with van der Waals surface area (Å²) in [6, 6.07) is 14.8. The molecule has 2 amide bonds. The average molecular weight is 919 g/mol. The summed E-state index contributed by atoms with van der Waals surface area (Å²) in [6.07, 6.45) is 1.75. The third-order valence-electron chi connectivity index (χ3n) is 13.6. The van der Waals surface area contributed by atoms with Crippen LogP contribution in [0.4, 0.5) is 5.82 Å². The Morgan fingerprint density at radius 3 is 2.42 bits per heavy atom. The van der Waals surface area contributed by atoms with Crippen molar-refractivity contribution in [3.63, 3.8) is 0 Å². The lowest BCUT2D eigenvalue weighted by molar-refractivity contribution is -0.129. The Morgan fingerprint density at radius 2 is 1.68 bits per heavy atom. The molecule has 6 heterocycles. The van der Waals surface area contributed by atoms with Gasteiger partial charge in [-0.2, -0.15) is 5.10 Å². The maximum atomic E-state index is 15.3. The first-order valence-electron chi connectivity index (χ1n) is 20.8. The van der Waals surface area contributed by atoms with E-state index in [1.807, 2.05) is 31.2 Å². The predicted octanol–water partition coefficient (Wildman–Crippen LogP) is 5.47. The number of para-hydroxylation sites is 1. The van der Waals surface area contributed by atoms with E-state index in [1.165, 1.54) is 56.2 Å². The van der Waals surface area contributed by atoms with E-state index in [4.69, 9.17) is 30.9 Å². The Balaban J connectivity index is 1.05. The van der Waals surface area contributed by atoms with Gasteiger partial charge in [0.1, 0.15) is 17.2 Å². The Hall–Kier alpha value is -6.92. The zero-order chi connectivity index (χ0) is 46.0. The van der Waals surface area contributed by atoms with Gasteiger partial charge in [-0.3, -0.25) is 19.1 Å². The molecule has 0 bridgehead atoms. The van der Waals surface area contributed by atoms with Gasteiger partial charge in [0.2, 0.25) is 11.8 Å². The van der Waals surface area contributed by atoms with Crippen LogP contribution < -0.4 is 36.0 Å². The minimum atomic E-state index is -1.47. The number of aromatic nitrogens is 7. The lowest BCUT2D eigenvalue weighted by Gasteiger charge is -2.47. The number of halogens is 1. The fourth-order valence-corrected chi connectivity index (χ4v) is 11.6. The molecule has 1 saturated carbocycles. The van der Waals surface area contributed by atoms with E-state index in [9.17, 15) is 19.5 Å². The zero-order valence-electron chi connectivity index (χ0n) is 36.4. The van der Waals surface area contributed by atoms with Gasteiger partial charge in [0, 0.05) is 66.5 Å². The number of amides is 2. The van der Waals surface area contributed by atoms with E-state index < -0.39 is 52.0 Å². The second-order valence-corrected chi connectivity index (χ2v) is 18.3. The van der Waals surface area contributed by atoms with Crippen molar-refractivity contribution in [2.75, 3.05) is 26.2 Å². The van der Waals surface area contributed by atoms with E-state index in [0.29, 0.717) is 44.4 Å². The van der Waals surface area contributed by atoms with Crippen LogP contribution in [0, 0.1) is 18.3 Å². The largest absolute Gasteiger partial charge is 0.504 e. The minimum Gasteiger partial charge on any atom is -0.504 e. The quantitative estimate of drug-likeness (QED) is 0.143. The molecule has 3 aliphatic rings. The molecule has 1 aliphatic carbocycles. The van der Waals surface area contributed by atoms with Crippen molar-refractivity contribution >= 4 is 61.7 Å². The molecule has 1 saturated heterocycles. The number of anilines is 1.